The zero-order chi connectivity index (χ0) is 38.1. The number of fused-ring (bicyclic) bond motifs is 3. The van der Waals surface area contributed by atoms with E-state index in [0.29, 0.717) is 17.7 Å². The number of benzene rings is 4. The number of nitrogens with one attached hydrogen (secondary N) is 4. The van der Waals surface area contributed by atoms with Gasteiger partial charge < -0.3 is 36.8 Å². The number of nitro groups is 1. The highest BCUT2D eigenvalue weighted by Gasteiger charge is 2.32. The van der Waals surface area contributed by atoms with Crippen molar-refractivity contribution in [3.8, 4) is 16.9 Å². The summed E-state index contributed by atoms with van der Waals surface area (Å²) in [5.41, 5.74) is 10.8. The Bertz CT molecular complexity index is 1940. The van der Waals surface area contributed by atoms with Crippen LogP contribution in [-0.4, -0.2) is 59.2 Å². The molecule has 0 unspecified atom stereocenters. The van der Waals surface area contributed by atoms with E-state index in [2.05, 4.69) is 21.3 Å². The number of non-ortho nitro benzene ring substituents is 1. The molecule has 4 aromatic carbocycles. The summed E-state index contributed by atoms with van der Waals surface area (Å²) in [6.45, 7) is 3.75. The lowest BCUT2D eigenvalue weighted by molar-refractivity contribution is -0.384. The van der Waals surface area contributed by atoms with Gasteiger partial charge in [-0.25, -0.2) is 9.59 Å². The predicted octanol–water partition coefficient (Wildman–Crippen LogP) is 5.33. The monoisotopic (exact) mass is 722 g/mol. The molecule has 0 saturated carbocycles. The minimum Gasteiger partial charge on any atom is -0.508 e. The second kappa shape index (κ2) is 17.2. The number of nitrogens with two attached hydrogens (primary N) is 1. The Morgan fingerprint density at radius 3 is 2.13 bits per heavy atom. The molecule has 7 N–H and O–H groups in total. The number of urea groups is 1. The highest BCUT2D eigenvalue weighted by atomic mass is 16.6. The van der Waals surface area contributed by atoms with Gasteiger partial charge in [-0.05, 0) is 64.8 Å². The molecule has 1 aliphatic rings. The van der Waals surface area contributed by atoms with Crippen LogP contribution < -0.4 is 27.0 Å². The van der Waals surface area contributed by atoms with Crippen LogP contribution in [0.3, 0.4) is 0 Å². The Morgan fingerprint density at radius 1 is 0.887 bits per heavy atom. The first kappa shape index (κ1) is 37.8. The molecule has 1 aliphatic carbocycles. The second-order valence-electron chi connectivity index (χ2n) is 13.1. The maximum Gasteiger partial charge on any atom is 0.407 e. The Kier molecular flexibility index (Phi) is 12.3. The summed E-state index contributed by atoms with van der Waals surface area (Å²) < 4.78 is 5.67. The van der Waals surface area contributed by atoms with Crippen LogP contribution in [0, 0.1) is 16.0 Å². The highest BCUT2D eigenvalue weighted by Crippen LogP contribution is 2.44. The van der Waals surface area contributed by atoms with Gasteiger partial charge >= 0.3 is 12.1 Å². The van der Waals surface area contributed by atoms with E-state index < -0.39 is 40.9 Å². The van der Waals surface area contributed by atoms with Gasteiger partial charge in [-0.2, -0.15) is 0 Å². The van der Waals surface area contributed by atoms with E-state index in [1.54, 1.807) is 38.1 Å². The maximum atomic E-state index is 13.6. The van der Waals surface area contributed by atoms with Crippen molar-refractivity contribution in [1.82, 2.24) is 16.0 Å². The Morgan fingerprint density at radius 2 is 1.53 bits per heavy atom. The highest BCUT2D eigenvalue weighted by molar-refractivity contribution is 5.98. The number of nitrogens with zero attached hydrogens (tertiary/aromatic N) is 1. The average molecular weight is 723 g/mol. The van der Waals surface area contributed by atoms with E-state index in [1.165, 1.54) is 18.2 Å². The van der Waals surface area contributed by atoms with Gasteiger partial charge in [0.05, 0.1) is 4.92 Å². The van der Waals surface area contributed by atoms with Crippen LogP contribution in [0.4, 0.5) is 21.0 Å². The normalized spacial score (nSPS) is 12.9. The van der Waals surface area contributed by atoms with E-state index in [4.69, 9.17) is 10.5 Å². The first-order valence-corrected chi connectivity index (χ1v) is 17.2. The molecule has 0 radical (unpaired) electrons. The SMILES string of the molecule is CC(C)[C@H](NC(=O)OCC1c2ccccc2-c2ccccc21)C(=O)N[C@@H](CCCNC(N)=O)C(=O)Nc1ccc(Cc2cc([N+](=O)[O-])ccc2O)cc1. The third-order valence-electron chi connectivity index (χ3n) is 9.06. The van der Waals surface area contributed by atoms with Crippen LogP contribution in [0.1, 0.15) is 54.9 Å². The molecule has 53 heavy (non-hydrogen) atoms. The van der Waals surface area contributed by atoms with Crippen molar-refractivity contribution < 1.29 is 33.9 Å². The molecule has 276 valence electrons. The minimum absolute atomic E-state index is 0.0649. The molecule has 0 aliphatic heterocycles. The van der Waals surface area contributed by atoms with Crippen LogP contribution in [0.5, 0.6) is 5.75 Å². The topological polar surface area (TPSA) is 215 Å². The molecule has 14 heteroatoms. The number of phenolic OH excluding ortho intramolecular Hbond substituents is 1. The van der Waals surface area contributed by atoms with Crippen molar-refractivity contribution >= 4 is 35.3 Å². The minimum atomic E-state index is -1.05. The molecular weight excluding hydrogens is 680 g/mol. The van der Waals surface area contributed by atoms with Gasteiger partial charge in [0.15, 0.2) is 0 Å². The average Bonchev–Trinajstić information content (AvgIpc) is 3.45. The van der Waals surface area contributed by atoms with E-state index in [-0.39, 0.29) is 49.3 Å². The first-order chi connectivity index (χ1) is 25.4. The molecule has 0 heterocycles. The number of ether oxygens (including phenoxy) is 1. The van der Waals surface area contributed by atoms with Crippen molar-refractivity contribution in [2.24, 2.45) is 11.7 Å². The predicted molar refractivity (Wildman–Crippen MR) is 198 cm³/mol. The Labute approximate surface area is 306 Å². The van der Waals surface area contributed by atoms with Crippen LogP contribution in [-0.2, 0) is 20.7 Å². The molecule has 5 rings (SSSR count). The summed E-state index contributed by atoms with van der Waals surface area (Å²) in [4.78, 5) is 62.1. The molecule has 0 bridgehead atoms. The molecule has 2 atom stereocenters. The van der Waals surface area contributed by atoms with Gasteiger partial charge in [0.1, 0.15) is 24.4 Å². The van der Waals surface area contributed by atoms with Gasteiger partial charge in [0.2, 0.25) is 11.8 Å². The molecular formula is C39H42N6O8. The fraction of sp³-hybridized carbons (Fsp3) is 0.282. The molecule has 4 aromatic rings. The first-order valence-electron chi connectivity index (χ1n) is 17.2. The largest absolute Gasteiger partial charge is 0.508 e. The summed E-state index contributed by atoms with van der Waals surface area (Å²) in [5.74, 6) is -1.74. The number of phenols is 1. The van der Waals surface area contributed by atoms with Crippen molar-refractivity contribution in [2.75, 3.05) is 18.5 Å². The van der Waals surface area contributed by atoms with Crippen LogP contribution in [0.25, 0.3) is 11.1 Å². The van der Waals surface area contributed by atoms with Gasteiger partial charge in [-0.15, -0.1) is 0 Å². The van der Waals surface area contributed by atoms with Crippen molar-refractivity contribution in [1.29, 1.82) is 0 Å². The van der Waals surface area contributed by atoms with Gasteiger partial charge in [0, 0.05) is 42.3 Å². The van der Waals surface area contributed by atoms with E-state index in [9.17, 15) is 34.4 Å². The summed E-state index contributed by atoms with van der Waals surface area (Å²) in [6, 6.07) is 23.6. The van der Waals surface area contributed by atoms with Crippen molar-refractivity contribution in [3.63, 3.8) is 0 Å². The van der Waals surface area contributed by atoms with Crippen LogP contribution in [0.15, 0.2) is 91.0 Å². The van der Waals surface area contributed by atoms with Crippen molar-refractivity contribution in [2.45, 2.75) is 51.1 Å². The summed E-state index contributed by atoms with van der Waals surface area (Å²) in [7, 11) is 0. The lowest BCUT2D eigenvalue weighted by Crippen LogP contribution is -2.54. The zero-order valence-electron chi connectivity index (χ0n) is 29.3. The van der Waals surface area contributed by atoms with E-state index in [1.807, 2.05) is 48.5 Å². The number of alkyl carbamates (subject to hydrolysis) is 1. The van der Waals surface area contributed by atoms with Crippen LogP contribution in [0.2, 0.25) is 0 Å². The molecule has 14 nitrogen and oxygen atoms in total. The Balaban J connectivity index is 1.22. The Hall–Kier alpha value is -6.44. The zero-order valence-corrected chi connectivity index (χ0v) is 29.3. The lowest BCUT2D eigenvalue weighted by atomic mass is 9.98. The number of hydrogen-bond acceptors (Lipinski definition) is 8. The number of aromatic hydroxyl groups is 1. The molecule has 0 spiro atoms. The maximum absolute atomic E-state index is 13.6. The van der Waals surface area contributed by atoms with Gasteiger partial charge in [-0.3, -0.25) is 19.7 Å². The molecule has 0 saturated heterocycles. The smallest absolute Gasteiger partial charge is 0.407 e. The number of carbonyl (C=O) groups is 4. The summed E-state index contributed by atoms with van der Waals surface area (Å²) >= 11 is 0. The standard InChI is InChI=1S/C39H42N6O8/c1-23(2)35(44-39(50)53-22-32-30-10-5-3-8-28(30)29-9-4-6-11-31(29)32)37(48)43-33(12-7-19-41-38(40)49)36(47)42-26-15-13-24(14-16-26)20-25-21-27(45(51)52)17-18-34(25)46/h3-6,8-11,13-18,21,23,32-33,35,46H,7,12,19-20,22H2,1-2H3,(H,42,47)(H,43,48)(H,44,50)(H3,40,41,49)/t33-,35-/m0/s1. The number of anilines is 1. The number of rotatable bonds is 15. The van der Waals surface area contributed by atoms with Crippen LogP contribution >= 0.6 is 0 Å². The second-order valence-corrected chi connectivity index (χ2v) is 13.1. The lowest BCUT2D eigenvalue weighted by Gasteiger charge is -2.25. The number of primary amides is 1. The number of amides is 5. The number of carbonyl (C=O) groups excluding carboxylic acids is 4. The summed E-state index contributed by atoms with van der Waals surface area (Å²) in [5, 5.41) is 32.0. The van der Waals surface area contributed by atoms with E-state index >= 15 is 0 Å². The quantitative estimate of drug-likeness (QED) is 0.0535. The van der Waals surface area contributed by atoms with Gasteiger partial charge in [0.25, 0.3) is 5.69 Å². The van der Waals surface area contributed by atoms with E-state index in [0.717, 1.165) is 27.8 Å². The molecule has 0 aromatic heterocycles. The number of hydrogen-bond donors (Lipinski definition) is 6. The van der Waals surface area contributed by atoms with Gasteiger partial charge in [-0.1, -0.05) is 74.5 Å². The third kappa shape index (κ3) is 9.67. The third-order valence-corrected chi connectivity index (χ3v) is 9.06. The van der Waals surface area contributed by atoms with Crippen molar-refractivity contribution in [3.05, 3.63) is 123 Å². The fourth-order valence-electron chi connectivity index (χ4n) is 6.33. The molecule has 0 fully saturated rings. The molecule has 5 amide bonds. The number of nitro benzene ring substituents is 1. The fourth-order valence-corrected chi connectivity index (χ4v) is 6.33. The summed E-state index contributed by atoms with van der Waals surface area (Å²) in [6.07, 6.45) is -0.122.